The van der Waals surface area contributed by atoms with Crippen LogP contribution in [0.5, 0.6) is 0 Å². The summed E-state index contributed by atoms with van der Waals surface area (Å²) in [4.78, 5) is 14.5. The van der Waals surface area contributed by atoms with Crippen molar-refractivity contribution in [2.45, 2.75) is 96.8 Å². The number of nitrogens with zero attached hydrogens (tertiary/aromatic N) is 1. The summed E-state index contributed by atoms with van der Waals surface area (Å²) >= 11 is 0. The molecule has 3 fully saturated rings. The molecule has 1 saturated carbocycles. The molecule has 3 rings (SSSR count). The summed E-state index contributed by atoms with van der Waals surface area (Å²) in [6.07, 6.45) is 4.51. The Morgan fingerprint density at radius 2 is 1.60 bits per heavy atom. The minimum Gasteiger partial charge on any atom is -0.444 e. The molecule has 1 amide bonds. The molecule has 1 unspecified atom stereocenters. The van der Waals surface area contributed by atoms with Crippen molar-refractivity contribution in [1.29, 1.82) is 0 Å². The second-order valence-electron chi connectivity index (χ2n) is 10.2. The Balaban J connectivity index is 1.80. The van der Waals surface area contributed by atoms with E-state index >= 15 is 0 Å². The highest BCUT2D eigenvalue weighted by Gasteiger charge is 2.62. The maximum Gasteiger partial charge on any atom is 0.463 e. The molecule has 0 N–H and O–H groups in total. The number of hydrogen-bond acceptors (Lipinski definition) is 4. The third kappa shape index (κ3) is 3.44. The highest BCUT2D eigenvalue weighted by atomic mass is 16.7. The zero-order valence-corrected chi connectivity index (χ0v) is 17.0. The maximum absolute atomic E-state index is 12.6. The lowest BCUT2D eigenvalue weighted by Crippen LogP contribution is -2.41. The van der Waals surface area contributed by atoms with Crippen LogP contribution in [0.4, 0.5) is 4.79 Å². The lowest BCUT2D eigenvalue weighted by atomic mass is 9.58. The molecule has 2 heterocycles. The molecule has 25 heavy (non-hydrogen) atoms. The summed E-state index contributed by atoms with van der Waals surface area (Å²) in [6, 6.07) is 0. The number of hydrogen-bond donors (Lipinski definition) is 0. The number of rotatable bonds is 1. The van der Waals surface area contributed by atoms with Gasteiger partial charge < -0.3 is 18.9 Å². The quantitative estimate of drug-likeness (QED) is 0.663. The van der Waals surface area contributed by atoms with Crippen molar-refractivity contribution in [3.8, 4) is 0 Å². The van der Waals surface area contributed by atoms with E-state index in [9.17, 15) is 4.79 Å². The minimum absolute atomic E-state index is 0.109. The number of ether oxygens (including phenoxy) is 1. The van der Waals surface area contributed by atoms with Gasteiger partial charge in [-0.15, -0.1) is 0 Å². The highest BCUT2D eigenvalue weighted by Crippen LogP contribution is 2.56. The van der Waals surface area contributed by atoms with Crippen LogP contribution in [-0.4, -0.2) is 48.0 Å². The van der Waals surface area contributed by atoms with E-state index in [2.05, 4.69) is 27.7 Å². The molecule has 0 radical (unpaired) electrons. The van der Waals surface area contributed by atoms with Crippen molar-refractivity contribution in [3.05, 3.63) is 0 Å². The van der Waals surface area contributed by atoms with E-state index in [1.807, 2.05) is 25.7 Å². The third-order valence-corrected chi connectivity index (χ3v) is 6.56. The molecule has 6 heteroatoms. The number of likely N-dealkylation sites (tertiary alicyclic amines) is 1. The lowest BCUT2D eigenvalue weighted by Gasteiger charge is -2.32. The Morgan fingerprint density at radius 3 is 2.08 bits per heavy atom. The fourth-order valence-corrected chi connectivity index (χ4v) is 4.49. The number of carbonyl (C=O) groups is 1. The van der Waals surface area contributed by atoms with Crippen LogP contribution < -0.4 is 0 Å². The molecule has 1 aliphatic carbocycles. The van der Waals surface area contributed by atoms with E-state index in [4.69, 9.17) is 14.0 Å². The standard InChI is InChI=1S/C19H34BNO4/c1-16(2,3)23-15(22)21-12-14(19(13-21)10-8-9-11-19)20-24-17(4,5)18(6,7)25-20/h14H,8-13H2,1-7H3. The van der Waals surface area contributed by atoms with Crippen molar-refractivity contribution in [3.63, 3.8) is 0 Å². The second kappa shape index (κ2) is 5.88. The summed E-state index contributed by atoms with van der Waals surface area (Å²) in [5.74, 6) is 0.212. The van der Waals surface area contributed by atoms with E-state index in [0.717, 1.165) is 19.4 Å². The van der Waals surface area contributed by atoms with Crippen molar-refractivity contribution in [1.82, 2.24) is 4.90 Å². The molecule has 142 valence electrons. The Morgan fingerprint density at radius 1 is 1.08 bits per heavy atom. The van der Waals surface area contributed by atoms with Crippen LogP contribution in [0.1, 0.15) is 74.1 Å². The third-order valence-electron chi connectivity index (χ3n) is 6.56. The Hall–Kier alpha value is -0.745. The molecule has 1 atom stereocenters. The molecular formula is C19H34BNO4. The zero-order valence-electron chi connectivity index (χ0n) is 17.0. The van der Waals surface area contributed by atoms with Crippen LogP contribution in [0.2, 0.25) is 5.82 Å². The zero-order chi connectivity index (χ0) is 18.7. The summed E-state index contributed by atoms with van der Waals surface area (Å²) < 4.78 is 18.3. The molecule has 5 nitrogen and oxygen atoms in total. The molecule has 1 spiro atoms. The van der Waals surface area contributed by atoms with Gasteiger partial charge in [0.1, 0.15) is 5.60 Å². The van der Waals surface area contributed by atoms with Gasteiger partial charge in [-0.3, -0.25) is 0 Å². The van der Waals surface area contributed by atoms with E-state index < -0.39 is 5.60 Å². The summed E-state index contributed by atoms with van der Waals surface area (Å²) in [5, 5.41) is 0. The van der Waals surface area contributed by atoms with Crippen LogP contribution in [0.15, 0.2) is 0 Å². The van der Waals surface area contributed by atoms with Gasteiger partial charge in [0, 0.05) is 18.9 Å². The first-order valence-corrected chi connectivity index (χ1v) is 9.69. The number of carbonyl (C=O) groups excluding carboxylic acids is 1. The first kappa shape index (κ1) is 19.0. The molecule has 0 aromatic rings. The first-order valence-electron chi connectivity index (χ1n) is 9.69. The smallest absolute Gasteiger partial charge is 0.444 e. The Labute approximate surface area is 152 Å². The van der Waals surface area contributed by atoms with Gasteiger partial charge in [0.25, 0.3) is 0 Å². The molecule has 3 aliphatic rings. The van der Waals surface area contributed by atoms with E-state index in [-0.39, 0.29) is 35.6 Å². The predicted octanol–water partition coefficient (Wildman–Crippen LogP) is 4.26. The minimum atomic E-state index is -0.470. The maximum atomic E-state index is 12.6. The molecular weight excluding hydrogens is 317 g/mol. The molecule has 0 aromatic carbocycles. The SMILES string of the molecule is CC(C)(C)OC(=O)N1CC(B2OC(C)(C)C(C)(C)O2)C2(CCCC2)C1. The predicted molar refractivity (Wildman–Crippen MR) is 98.5 cm³/mol. The van der Waals surface area contributed by atoms with Crippen LogP contribution in [0, 0.1) is 5.41 Å². The topological polar surface area (TPSA) is 48.0 Å². The summed E-state index contributed by atoms with van der Waals surface area (Å²) in [6.45, 7) is 15.5. The molecule has 0 aromatic heterocycles. The normalized spacial score (nSPS) is 30.3. The van der Waals surface area contributed by atoms with E-state index in [1.54, 1.807) is 0 Å². The van der Waals surface area contributed by atoms with E-state index in [0.29, 0.717) is 6.54 Å². The molecule has 2 saturated heterocycles. The average molecular weight is 351 g/mol. The summed E-state index contributed by atoms with van der Waals surface area (Å²) in [5.41, 5.74) is -1.03. The van der Waals surface area contributed by atoms with Crippen molar-refractivity contribution >= 4 is 13.2 Å². The van der Waals surface area contributed by atoms with Gasteiger partial charge in [-0.25, -0.2) is 4.79 Å². The van der Waals surface area contributed by atoms with Gasteiger partial charge in [0.2, 0.25) is 0 Å². The van der Waals surface area contributed by atoms with Crippen molar-refractivity contribution in [2.24, 2.45) is 5.41 Å². The highest BCUT2D eigenvalue weighted by molar-refractivity contribution is 6.48. The van der Waals surface area contributed by atoms with Gasteiger partial charge in [-0.1, -0.05) is 12.8 Å². The van der Waals surface area contributed by atoms with Gasteiger partial charge in [-0.2, -0.15) is 0 Å². The largest absolute Gasteiger partial charge is 0.463 e. The van der Waals surface area contributed by atoms with Gasteiger partial charge in [0.15, 0.2) is 0 Å². The van der Waals surface area contributed by atoms with E-state index in [1.165, 1.54) is 12.8 Å². The number of amides is 1. The monoisotopic (exact) mass is 351 g/mol. The van der Waals surface area contributed by atoms with Crippen molar-refractivity contribution < 1.29 is 18.8 Å². The lowest BCUT2D eigenvalue weighted by molar-refractivity contribution is 0.00578. The van der Waals surface area contributed by atoms with Crippen LogP contribution in [0.25, 0.3) is 0 Å². The first-order chi connectivity index (χ1) is 11.4. The van der Waals surface area contributed by atoms with Gasteiger partial charge >= 0.3 is 13.2 Å². The Bertz CT molecular complexity index is 518. The molecule has 0 bridgehead atoms. The van der Waals surface area contributed by atoms with Gasteiger partial charge in [-0.05, 0) is 66.7 Å². The fraction of sp³-hybridized carbons (Fsp3) is 0.947. The average Bonchev–Trinajstić information content (AvgIpc) is 3.08. The fourth-order valence-electron chi connectivity index (χ4n) is 4.49. The van der Waals surface area contributed by atoms with Crippen LogP contribution in [-0.2, 0) is 14.0 Å². The van der Waals surface area contributed by atoms with Crippen molar-refractivity contribution in [2.75, 3.05) is 13.1 Å². The Kier molecular flexibility index (Phi) is 4.48. The van der Waals surface area contributed by atoms with Crippen LogP contribution >= 0.6 is 0 Å². The van der Waals surface area contributed by atoms with Gasteiger partial charge in [0.05, 0.1) is 11.2 Å². The second-order valence-corrected chi connectivity index (χ2v) is 10.2. The molecule has 2 aliphatic heterocycles. The van der Waals surface area contributed by atoms with Crippen LogP contribution in [0.3, 0.4) is 0 Å². The summed E-state index contributed by atoms with van der Waals surface area (Å²) in [7, 11) is -0.254.